The molecule has 2 aliphatic heterocycles. The average molecular weight is 450 g/mol. The van der Waals surface area contributed by atoms with Gasteiger partial charge in [0.25, 0.3) is 0 Å². The van der Waals surface area contributed by atoms with Gasteiger partial charge in [-0.25, -0.2) is 4.98 Å². The number of anilines is 1. The second kappa shape index (κ2) is 9.00. The third-order valence-corrected chi connectivity index (χ3v) is 7.31. The number of para-hydroxylation sites is 1. The van der Waals surface area contributed by atoms with E-state index in [1.165, 1.54) is 16.9 Å². The van der Waals surface area contributed by atoms with Crippen LogP contribution in [0.1, 0.15) is 30.4 Å². The predicted octanol–water partition coefficient (Wildman–Crippen LogP) is 4.17. The van der Waals surface area contributed by atoms with Gasteiger partial charge in [-0.3, -0.25) is 14.5 Å². The molecule has 0 N–H and O–H groups in total. The zero-order valence-corrected chi connectivity index (χ0v) is 19.0. The van der Waals surface area contributed by atoms with Crippen LogP contribution in [0.4, 0.5) is 5.13 Å². The first-order chi connectivity index (χ1) is 15.6. The Morgan fingerprint density at radius 2 is 2.03 bits per heavy atom. The molecule has 32 heavy (non-hydrogen) atoms. The molecule has 6 nitrogen and oxygen atoms in total. The number of thiazole rings is 1. The quantitative estimate of drug-likeness (QED) is 0.567. The van der Waals surface area contributed by atoms with E-state index in [1.54, 1.807) is 9.80 Å². The molecule has 2 fully saturated rings. The second-order valence-electron chi connectivity index (χ2n) is 8.71. The molecule has 0 radical (unpaired) electrons. The Balaban J connectivity index is 1.35. The highest BCUT2D eigenvalue weighted by Crippen LogP contribution is 2.32. The fourth-order valence-electron chi connectivity index (χ4n) is 4.45. The third-order valence-electron chi connectivity index (χ3n) is 6.25. The monoisotopic (exact) mass is 449 g/mol. The molecular formula is C25H27N3O3S. The minimum absolute atomic E-state index is 0.0201. The van der Waals surface area contributed by atoms with Gasteiger partial charge < -0.3 is 9.64 Å². The Labute approximate surface area is 191 Å². The first kappa shape index (κ1) is 21.1. The van der Waals surface area contributed by atoms with Crippen molar-refractivity contribution in [1.29, 1.82) is 0 Å². The summed E-state index contributed by atoms with van der Waals surface area (Å²) in [5, 5.41) is 0.691. The lowest BCUT2D eigenvalue weighted by atomic mass is 10.1. The van der Waals surface area contributed by atoms with Gasteiger partial charge in [-0.2, -0.15) is 0 Å². The fourth-order valence-corrected chi connectivity index (χ4v) is 5.43. The first-order valence-corrected chi connectivity index (χ1v) is 12.0. The number of carbonyl (C=O) groups excluding carboxylic acids is 2. The summed E-state index contributed by atoms with van der Waals surface area (Å²) < 4.78 is 6.88. The van der Waals surface area contributed by atoms with Crippen molar-refractivity contribution in [2.75, 3.05) is 24.6 Å². The van der Waals surface area contributed by atoms with Crippen LogP contribution in [0.25, 0.3) is 10.2 Å². The lowest BCUT2D eigenvalue weighted by molar-refractivity contribution is -0.129. The maximum Gasteiger partial charge on any atom is 0.234 e. The Morgan fingerprint density at radius 3 is 2.78 bits per heavy atom. The largest absolute Gasteiger partial charge is 0.376 e. The zero-order chi connectivity index (χ0) is 22.1. The van der Waals surface area contributed by atoms with Crippen LogP contribution in [0.2, 0.25) is 0 Å². The fraction of sp³-hybridized carbons (Fsp3) is 0.400. The number of fused-ring (bicyclic) bond motifs is 1. The molecule has 3 aromatic rings. The number of amides is 2. The summed E-state index contributed by atoms with van der Waals surface area (Å²) in [6.07, 6.45) is 2.22. The van der Waals surface area contributed by atoms with E-state index in [2.05, 4.69) is 12.1 Å². The van der Waals surface area contributed by atoms with Crippen molar-refractivity contribution in [2.24, 2.45) is 5.92 Å². The molecule has 2 saturated heterocycles. The van der Waals surface area contributed by atoms with Crippen molar-refractivity contribution in [1.82, 2.24) is 9.88 Å². The molecule has 3 heterocycles. The summed E-state index contributed by atoms with van der Waals surface area (Å²) in [5.74, 6) is -0.356. The third kappa shape index (κ3) is 4.40. The summed E-state index contributed by atoms with van der Waals surface area (Å²) in [6.45, 7) is 4.25. The van der Waals surface area contributed by atoms with Crippen molar-refractivity contribution in [3.05, 3.63) is 59.7 Å². The lowest BCUT2D eigenvalue weighted by Gasteiger charge is -2.25. The van der Waals surface area contributed by atoms with Crippen molar-refractivity contribution in [2.45, 2.75) is 38.8 Å². The SMILES string of the molecule is Cc1ccc(CN2CC(C(=O)N(CC3CCCO3)c3nc4ccccc4s3)CC2=O)cc1. The molecule has 0 saturated carbocycles. The number of likely N-dealkylation sites (tertiary alicyclic amines) is 1. The number of aryl methyl sites for hydroxylation is 1. The molecule has 2 unspecified atom stereocenters. The van der Waals surface area contributed by atoms with Gasteiger partial charge in [0, 0.05) is 26.1 Å². The van der Waals surface area contributed by atoms with E-state index in [1.807, 2.05) is 43.3 Å². The smallest absolute Gasteiger partial charge is 0.234 e. The van der Waals surface area contributed by atoms with Crippen molar-refractivity contribution in [3.63, 3.8) is 0 Å². The molecule has 166 valence electrons. The van der Waals surface area contributed by atoms with Crippen molar-refractivity contribution in [3.8, 4) is 0 Å². The summed E-state index contributed by atoms with van der Waals surface area (Å²) >= 11 is 1.52. The Morgan fingerprint density at radius 1 is 1.22 bits per heavy atom. The average Bonchev–Trinajstić information content (AvgIpc) is 3.53. The van der Waals surface area contributed by atoms with E-state index in [0.717, 1.165) is 35.2 Å². The van der Waals surface area contributed by atoms with Gasteiger partial charge in [-0.1, -0.05) is 53.3 Å². The van der Waals surface area contributed by atoms with Crippen LogP contribution in [0.3, 0.4) is 0 Å². The summed E-state index contributed by atoms with van der Waals surface area (Å²) in [4.78, 5) is 34.7. The summed E-state index contributed by atoms with van der Waals surface area (Å²) in [7, 11) is 0. The van der Waals surface area contributed by atoms with Gasteiger partial charge in [-0.05, 0) is 37.5 Å². The van der Waals surface area contributed by atoms with E-state index in [0.29, 0.717) is 24.8 Å². The van der Waals surface area contributed by atoms with E-state index >= 15 is 0 Å². The molecule has 1 aromatic heterocycles. The zero-order valence-electron chi connectivity index (χ0n) is 18.2. The van der Waals surface area contributed by atoms with Crippen LogP contribution >= 0.6 is 11.3 Å². The van der Waals surface area contributed by atoms with Crippen LogP contribution < -0.4 is 4.90 Å². The number of aromatic nitrogens is 1. The maximum absolute atomic E-state index is 13.7. The van der Waals surface area contributed by atoms with Crippen molar-refractivity contribution < 1.29 is 14.3 Å². The molecule has 2 atom stereocenters. The van der Waals surface area contributed by atoms with Crippen molar-refractivity contribution >= 4 is 38.5 Å². The summed E-state index contributed by atoms with van der Waals surface area (Å²) in [6, 6.07) is 16.1. The standard InChI is InChI=1S/C25H27N3O3S/c1-17-8-10-18(11-9-17)14-27-15-19(13-23(27)29)24(30)28(16-20-5-4-12-31-20)25-26-21-6-2-3-7-22(21)32-25/h2-3,6-11,19-20H,4-5,12-16H2,1H3. The second-order valence-corrected chi connectivity index (χ2v) is 9.72. The van der Waals surface area contributed by atoms with Crippen LogP contribution in [0.5, 0.6) is 0 Å². The molecule has 2 amide bonds. The molecule has 2 aliphatic rings. The minimum Gasteiger partial charge on any atom is -0.376 e. The number of rotatable bonds is 6. The minimum atomic E-state index is -0.360. The highest BCUT2D eigenvalue weighted by molar-refractivity contribution is 7.22. The van der Waals surface area contributed by atoms with Gasteiger partial charge in [0.2, 0.25) is 11.8 Å². The maximum atomic E-state index is 13.7. The number of nitrogens with zero attached hydrogens (tertiary/aromatic N) is 3. The molecule has 0 bridgehead atoms. The number of hydrogen-bond donors (Lipinski definition) is 0. The van der Waals surface area contributed by atoms with Gasteiger partial charge in [-0.15, -0.1) is 0 Å². The topological polar surface area (TPSA) is 62.7 Å². The van der Waals surface area contributed by atoms with Gasteiger partial charge >= 0.3 is 0 Å². The number of ether oxygens (including phenoxy) is 1. The lowest BCUT2D eigenvalue weighted by Crippen LogP contribution is -2.42. The first-order valence-electron chi connectivity index (χ1n) is 11.2. The van der Waals surface area contributed by atoms with E-state index in [4.69, 9.17) is 9.72 Å². The molecule has 5 rings (SSSR count). The van der Waals surface area contributed by atoms with Crippen LogP contribution in [-0.2, 0) is 20.9 Å². The molecule has 7 heteroatoms. The van der Waals surface area contributed by atoms with Gasteiger partial charge in [0.05, 0.1) is 28.8 Å². The van der Waals surface area contributed by atoms with Crippen LogP contribution in [-0.4, -0.2) is 47.5 Å². The molecule has 0 spiro atoms. The van der Waals surface area contributed by atoms with E-state index in [-0.39, 0.29) is 30.3 Å². The van der Waals surface area contributed by atoms with Gasteiger partial charge in [0.15, 0.2) is 5.13 Å². The van der Waals surface area contributed by atoms with E-state index in [9.17, 15) is 9.59 Å². The molecular weight excluding hydrogens is 422 g/mol. The normalized spacial score (nSPS) is 20.9. The number of carbonyl (C=O) groups is 2. The van der Waals surface area contributed by atoms with Gasteiger partial charge in [0.1, 0.15) is 0 Å². The number of benzene rings is 2. The Hall–Kier alpha value is -2.77. The molecule has 2 aromatic carbocycles. The van der Waals surface area contributed by atoms with E-state index < -0.39 is 0 Å². The predicted molar refractivity (Wildman–Crippen MR) is 126 cm³/mol. The Kier molecular flexibility index (Phi) is 5.93. The highest BCUT2D eigenvalue weighted by atomic mass is 32.1. The van der Waals surface area contributed by atoms with Crippen LogP contribution in [0, 0.1) is 12.8 Å². The summed E-state index contributed by atoms with van der Waals surface area (Å²) in [5.41, 5.74) is 3.16. The molecule has 0 aliphatic carbocycles. The number of hydrogen-bond acceptors (Lipinski definition) is 5. The van der Waals surface area contributed by atoms with Crippen LogP contribution in [0.15, 0.2) is 48.5 Å². The Bertz CT molecular complexity index is 1090. The highest BCUT2D eigenvalue weighted by Gasteiger charge is 2.38.